The van der Waals surface area contributed by atoms with E-state index in [0.717, 1.165) is 58.3 Å². The molecular formula is C22H27N7OS. The third-order valence-electron chi connectivity index (χ3n) is 6.57. The van der Waals surface area contributed by atoms with Crippen LogP contribution in [0.2, 0.25) is 0 Å². The van der Waals surface area contributed by atoms with Crippen LogP contribution in [0.3, 0.4) is 0 Å². The van der Waals surface area contributed by atoms with E-state index in [1.54, 1.807) is 19.6 Å². The van der Waals surface area contributed by atoms with E-state index < -0.39 is 9.73 Å². The molecule has 0 bridgehead atoms. The van der Waals surface area contributed by atoms with Crippen LogP contribution in [-0.2, 0) is 9.73 Å². The highest BCUT2D eigenvalue weighted by atomic mass is 32.2. The van der Waals surface area contributed by atoms with Crippen LogP contribution < -0.4 is 4.90 Å². The summed E-state index contributed by atoms with van der Waals surface area (Å²) in [7, 11) is 1.35. The molecule has 0 aliphatic heterocycles. The minimum atomic E-state index is -2.44. The van der Waals surface area contributed by atoms with Crippen molar-refractivity contribution in [2.24, 2.45) is 10.3 Å². The Morgan fingerprint density at radius 3 is 2.84 bits per heavy atom. The molecule has 1 saturated carbocycles. The topological polar surface area (TPSA) is 103 Å². The normalized spacial score (nSPS) is 21.2. The number of hydrogen-bond donors (Lipinski definition) is 2. The van der Waals surface area contributed by atoms with E-state index in [1.807, 2.05) is 30.5 Å². The molecular weight excluding hydrogens is 410 g/mol. The van der Waals surface area contributed by atoms with Crippen molar-refractivity contribution in [1.29, 1.82) is 0 Å². The number of nitrogens with one attached hydrogen (secondary N) is 2. The van der Waals surface area contributed by atoms with E-state index >= 15 is 0 Å². The fourth-order valence-electron chi connectivity index (χ4n) is 4.73. The Kier molecular flexibility index (Phi) is 5.13. The van der Waals surface area contributed by atoms with Gasteiger partial charge in [0.05, 0.1) is 26.8 Å². The molecule has 4 aromatic rings. The molecule has 0 amide bonds. The predicted molar refractivity (Wildman–Crippen MR) is 124 cm³/mol. The third-order valence-corrected chi connectivity index (χ3v) is 9.07. The van der Waals surface area contributed by atoms with Crippen molar-refractivity contribution < 1.29 is 4.21 Å². The summed E-state index contributed by atoms with van der Waals surface area (Å²) < 4.78 is 18.1. The van der Waals surface area contributed by atoms with Gasteiger partial charge in [-0.25, -0.2) is 18.5 Å². The molecule has 1 aliphatic rings. The van der Waals surface area contributed by atoms with E-state index in [0.29, 0.717) is 17.7 Å². The molecule has 1 atom stereocenters. The molecule has 1 aromatic carbocycles. The molecule has 162 valence electrons. The van der Waals surface area contributed by atoms with Crippen LogP contribution in [0.5, 0.6) is 0 Å². The van der Waals surface area contributed by atoms with Gasteiger partial charge in [-0.3, -0.25) is 5.10 Å². The third kappa shape index (κ3) is 3.67. The van der Waals surface area contributed by atoms with Crippen LogP contribution in [-0.4, -0.2) is 55.2 Å². The number of fused-ring (bicyclic) bond motifs is 2. The molecule has 3 aromatic heterocycles. The highest BCUT2D eigenvalue weighted by Crippen LogP contribution is 2.33. The zero-order valence-corrected chi connectivity index (χ0v) is 18.6. The number of hydrogen-bond acceptors (Lipinski definition) is 6. The number of aromatic nitrogens is 5. The fourth-order valence-corrected chi connectivity index (χ4v) is 6.84. The zero-order valence-electron chi connectivity index (χ0n) is 17.8. The van der Waals surface area contributed by atoms with Crippen molar-refractivity contribution >= 4 is 37.5 Å². The molecule has 1 unspecified atom stereocenters. The largest absolute Gasteiger partial charge is 0.356 e. The number of aromatic amines is 2. The smallest absolute Gasteiger partial charge is 0.142 e. The predicted octanol–water partition coefficient (Wildman–Crippen LogP) is 3.99. The minimum absolute atomic E-state index is 0.401. The molecule has 8 nitrogen and oxygen atoms in total. The second kappa shape index (κ2) is 7.96. The SMILES string of the molecule is CN=S(=O)(CC1CCC(N(C)c2ncnc3[nH]ccc23)CC1)c1ccc2[nH]ncc2c1. The van der Waals surface area contributed by atoms with Gasteiger partial charge in [0, 0.05) is 42.4 Å². The van der Waals surface area contributed by atoms with Gasteiger partial charge in [0.2, 0.25) is 0 Å². The summed E-state index contributed by atoms with van der Waals surface area (Å²) in [6.45, 7) is 0. The van der Waals surface area contributed by atoms with Crippen LogP contribution in [0.4, 0.5) is 5.82 Å². The lowest BCUT2D eigenvalue weighted by Crippen LogP contribution is -2.37. The van der Waals surface area contributed by atoms with E-state index in [4.69, 9.17) is 0 Å². The van der Waals surface area contributed by atoms with Crippen molar-refractivity contribution in [3.63, 3.8) is 0 Å². The van der Waals surface area contributed by atoms with Crippen molar-refractivity contribution in [3.8, 4) is 0 Å². The Labute approximate surface area is 181 Å². The zero-order chi connectivity index (χ0) is 21.4. The van der Waals surface area contributed by atoms with Gasteiger partial charge in [0.25, 0.3) is 0 Å². The molecule has 0 radical (unpaired) electrons. The Bertz CT molecular complexity index is 1330. The summed E-state index contributed by atoms with van der Waals surface area (Å²) in [4.78, 5) is 15.1. The number of rotatable bonds is 5. The number of H-pyrrole nitrogens is 2. The maximum absolute atomic E-state index is 13.7. The van der Waals surface area contributed by atoms with Gasteiger partial charge in [-0.05, 0) is 55.9 Å². The summed E-state index contributed by atoms with van der Waals surface area (Å²) in [5, 5.41) is 9.04. The van der Waals surface area contributed by atoms with Crippen LogP contribution in [0, 0.1) is 5.92 Å². The Balaban J connectivity index is 1.28. The maximum atomic E-state index is 13.7. The lowest BCUT2D eigenvalue weighted by molar-refractivity contribution is 0.342. The van der Waals surface area contributed by atoms with Crippen LogP contribution in [0.15, 0.2) is 52.2 Å². The van der Waals surface area contributed by atoms with Gasteiger partial charge in [-0.1, -0.05) is 0 Å². The van der Waals surface area contributed by atoms with E-state index in [2.05, 4.69) is 41.5 Å². The van der Waals surface area contributed by atoms with Gasteiger partial charge in [0.1, 0.15) is 17.8 Å². The summed E-state index contributed by atoms with van der Waals surface area (Å²) in [6, 6.07) is 8.28. The maximum Gasteiger partial charge on any atom is 0.142 e. The summed E-state index contributed by atoms with van der Waals surface area (Å²) in [5.74, 6) is 1.98. The first-order valence-electron chi connectivity index (χ1n) is 10.6. The van der Waals surface area contributed by atoms with Crippen LogP contribution in [0.1, 0.15) is 25.7 Å². The second-order valence-electron chi connectivity index (χ2n) is 8.33. The molecule has 5 rings (SSSR count). The van der Waals surface area contributed by atoms with E-state index in [1.165, 1.54) is 0 Å². The van der Waals surface area contributed by atoms with Gasteiger partial charge in [-0.2, -0.15) is 5.10 Å². The number of anilines is 1. The van der Waals surface area contributed by atoms with Crippen molar-refractivity contribution in [1.82, 2.24) is 25.1 Å². The van der Waals surface area contributed by atoms with Crippen molar-refractivity contribution in [2.45, 2.75) is 36.6 Å². The second-order valence-corrected chi connectivity index (χ2v) is 10.8. The Morgan fingerprint density at radius 2 is 2.03 bits per heavy atom. The molecule has 3 heterocycles. The Morgan fingerprint density at radius 1 is 1.19 bits per heavy atom. The van der Waals surface area contributed by atoms with E-state index in [-0.39, 0.29) is 0 Å². The summed E-state index contributed by atoms with van der Waals surface area (Å²) >= 11 is 0. The summed E-state index contributed by atoms with van der Waals surface area (Å²) in [6.07, 6.45) is 9.47. The average Bonchev–Trinajstić information content (AvgIpc) is 3.47. The quantitative estimate of drug-likeness (QED) is 0.491. The minimum Gasteiger partial charge on any atom is -0.356 e. The highest BCUT2D eigenvalue weighted by molar-refractivity contribution is 7.93. The lowest BCUT2D eigenvalue weighted by Gasteiger charge is -2.35. The molecule has 2 N–H and O–H groups in total. The highest BCUT2D eigenvalue weighted by Gasteiger charge is 2.28. The van der Waals surface area contributed by atoms with Gasteiger partial charge < -0.3 is 9.88 Å². The van der Waals surface area contributed by atoms with E-state index in [9.17, 15) is 4.21 Å². The fraction of sp³-hybridized carbons (Fsp3) is 0.409. The van der Waals surface area contributed by atoms with Gasteiger partial charge in [0.15, 0.2) is 0 Å². The first-order valence-corrected chi connectivity index (χ1v) is 12.3. The average molecular weight is 438 g/mol. The first-order chi connectivity index (χ1) is 15.1. The standard InChI is InChI=1S/C22H27N7OS/c1-23-31(30,18-7-8-20-16(11-18)12-27-28-20)13-15-3-5-17(6-4-15)29(2)22-19-9-10-24-21(19)25-14-26-22/h7-12,14-15,17H,3-6,13H2,1-2H3,(H,27,28)(H,24,25,26). The lowest BCUT2D eigenvalue weighted by atomic mass is 9.86. The molecule has 31 heavy (non-hydrogen) atoms. The van der Waals surface area contributed by atoms with Crippen LogP contribution >= 0.6 is 0 Å². The van der Waals surface area contributed by atoms with Crippen molar-refractivity contribution in [3.05, 3.63) is 43.0 Å². The molecule has 9 heteroatoms. The molecule has 1 aliphatic carbocycles. The number of nitrogens with zero attached hydrogens (tertiary/aromatic N) is 5. The first kappa shape index (κ1) is 20.0. The van der Waals surface area contributed by atoms with Crippen molar-refractivity contribution in [2.75, 3.05) is 24.7 Å². The molecule has 0 saturated heterocycles. The monoisotopic (exact) mass is 437 g/mol. The Hall–Kier alpha value is -2.94. The number of benzene rings is 1. The molecule has 0 spiro atoms. The van der Waals surface area contributed by atoms with Gasteiger partial charge in [-0.15, -0.1) is 0 Å². The van der Waals surface area contributed by atoms with Gasteiger partial charge >= 0.3 is 0 Å². The van der Waals surface area contributed by atoms with Crippen LogP contribution in [0.25, 0.3) is 21.9 Å². The molecule has 1 fully saturated rings. The summed E-state index contributed by atoms with van der Waals surface area (Å²) in [5.41, 5.74) is 1.82.